The van der Waals surface area contributed by atoms with E-state index >= 15 is 0 Å². The molecule has 2 aromatic rings. The van der Waals surface area contributed by atoms with Crippen LogP contribution in [0.3, 0.4) is 0 Å². The van der Waals surface area contributed by atoms with E-state index < -0.39 is 0 Å². The molecule has 106 valence electrons. The number of aryl methyl sites for hydroxylation is 2. The van der Waals surface area contributed by atoms with Crippen molar-refractivity contribution in [2.24, 2.45) is 0 Å². The third-order valence-corrected chi connectivity index (χ3v) is 4.16. The largest absolute Gasteiger partial charge is 0.324 e. The van der Waals surface area contributed by atoms with Crippen LogP contribution in [-0.2, 0) is 6.42 Å². The summed E-state index contributed by atoms with van der Waals surface area (Å²) in [4.78, 5) is 0. The molecule has 2 rings (SSSR count). The molecule has 1 nitrogen and oxygen atoms in total. The standard InChI is InChI=1S/C19H26N/c1-15-10-6-8-12-17(15)14-19(20(3,4)5)18-13-9-7-11-16(18)2/h6-13,19H,14H2,1-5H3/q+1/t19-/m1/s1. The number of hydrogen-bond acceptors (Lipinski definition) is 0. The normalized spacial score (nSPS) is 13.2. The van der Waals surface area contributed by atoms with E-state index in [-0.39, 0.29) is 0 Å². The summed E-state index contributed by atoms with van der Waals surface area (Å²) in [7, 11) is 6.86. The molecule has 0 unspecified atom stereocenters. The molecular weight excluding hydrogens is 242 g/mol. The van der Waals surface area contributed by atoms with Crippen LogP contribution in [0.4, 0.5) is 0 Å². The summed E-state index contributed by atoms with van der Waals surface area (Å²) in [5.41, 5.74) is 5.69. The van der Waals surface area contributed by atoms with Crippen LogP contribution in [-0.4, -0.2) is 25.6 Å². The van der Waals surface area contributed by atoms with Crippen molar-refractivity contribution in [3.8, 4) is 0 Å². The van der Waals surface area contributed by atoms with Crippen molar-refractivity contribution in [1.82, 2.24) is 0 Å². The molecule has 0 spiro atoms. The molecule has 0 N–H and O–H groups in total. The average Bonchev–Trinajstić information content (AvgIpc) is 2.38. The monoisotopic (exact) mass is 268 g/mol. The molecule has 0 heterocycles. The summed E-state index contributed by atoms with van der Waals surface area (Å²) < 4.78 is 0.944. The van der Waals surface area contributed by atoms with E-state index in [1.165, 1.54) is 22.3 Å². The summed E-state index contributed by atoms with van der Waals surface area (Å²) in [6.45, 7) is 4.43. The topological polar surface area (TPSA) is 0 Å². The molecule has 0 saturated heterocycles. The predicted octanol–water partition coefficient (Wildman–Crippen LogP) is 4.29. The fourth-order valence-electron chi connectivity index (χ4n) is 2.81. The highest BCUT2D eigenvalue weighted by Gasteiger charge is 2.27. The lowest BCUT2D eigenvalue weighted by Gasteiger charge is -2.35. The third kappa shape index (κ3) is 3.29. The van der Waals surface area contributed by atoms with Gasteiger partial charge in [-0.1, -0.05) is 48.5 Å². The van der Waals surface area contributed by atoms with Gasteiger partial charge in [0, 0.05) is 12.0 Å². The van der Waals surface area contributed by atoms with Gasteiger partial charge in [0.15, 0.2) is 0 Å². The highest BCUT2D eigenvalue weighted by molar-refractivity contribution is 5.32. The first-order valence-electron chi connectivity index (χ1n) is 7.31. The van der Waals surface area contributed by atoms with Gasteiger partial charge in [-0.25, -0.2) is 0 Å². The molecule has 0 radical (unpaired) electrons. The Labute approximate surface area is 123 Å². The van der Waals surface area contributed by atoms with Gasteiger partial charge in [-0.15, -0.1) is 0 Å². The van der Waals surface area contributed by atoms with Crippen molar-refractivity contribution < 1.29 is 4.48 Å². The maximum Gasteiger partial charge on any atom is 0.118 e. The minimum Gasteiger partial charge on any atom is -0.324 e. The molecule has 1 heteroatoms. The fourth-order valence-corrected chi connectivity index (χ4v) is 2.81. The molecule has 0 aliphatic heterocycles. The maximum atomic E-state index is 2.29. The van der Waals surface area contributed by atoms with E-state index in [1.807, 2.05) is 0 Å². The smallest absolute Gasteiger partial charge is 0.118 e. The molecule has 0 saturated carbocycles. The lowest BCUT2D eigenvalue weighted by molar-refractivity contribution is -0.902. The number of hydrogen-bond donors (Lipinski definition) is 0. The Kier molecular flexibility index (Phi) is 4.29. The van der Waals surface area contributed by atoms with Gasteiger partial charge in [-0.2, -0.15) is 0 Å². The molecule has 0 fully saturated rings. The SMILES string of the molecule is Cc1ccccc1C[C@H](c1ccccc1C)[N+](C)(C)C. The van der Waals surface area contributed by atoms with Crippen molar-refractivity contribution >= 4 is 0 Å². The summed E-state index contributed by atoms with van der Waals surface area (Å²) in [5.74, 6) is 0. The zero-order chi connectivity index (χ0) is 14.8. The van der Waals surface area contributed by atoms with Crippen molar-refractivity contribution in [3.63, 3.8) is 0 Å². The Morgan fingerprint density at radius 2 is 1.35 bits per heavy atom. The molecule has 2 aromatic carbocycles. The molecular formula is C19H26N+. The van der Waals surface area contributed by atoms with Gasteiger partial charge in [0.25, 0.3) is 0 Å². The van der Waals surface area contributed by atoms with Crippen molar-refractivity contribution in [2.75, 3.05) is 21.1 Å². The Bertz CT molecular complexity index is 578. The third-order valence-electron chi connectivity index (χ3n) is 4.16. The van der Waals surface area contributed by atoms with Gasteiger partial charge in [-0.3, -0.25) is 0 Å². The second-order valence-corrected chi connectivity index (χ2v) is 6.62. The van der Waals surface area contributed by atoms with Crippen LogP contribution in [0, 0.1) is 13.8 Å². The number of rotatable bonds is 4. The second kappa shape index (κ2) is 5.80. The van der Waals surface area contributed by atoms with Crippen molar-refractivity contribution in [2.45, 2.75) is 26.3 Å². The van der Waals surface area contributed by atoms with Gasteiger partial charge in [0.1, 0.15) is 6.04 Å². The van der Waals surface area contributed by atoms with E-state index in [1.54, 1.807) is 0 Å². The zero-order valence-corrected chi connectivity index (χ0v) is 13.4. The molecule has 0 amide bonds. The van der Waals surface area contributed by atoms with Crippen LogP contribution >= 0.6 is 0 Å². The van der Waals surface area contributed by atoms with E-state index in [4.69, 9.17) is 0 Å². The summed E-state index contributed by atoms with van der Waals surface area (Å²) in [6, 6.07) is 18.0. The van der Waals surface area contributed by atoms with Crippen molar-refractivity contribution in [3.05, 3.63) is 70.8 Å². The number of nitrogens with zero attached hydrogens (tertiary/aromatic N) is 1. The van der Waals surface area contributed by atoms with Gasteiger partial charge < -0.3 is 4.48 Å². The van der Waals surface area contributed by atoms with Crippen LogP contribution in [0.5, 0.6) is 0 Å². The lowest BCUT2D eigenvalue weighted by Crippen LogP contribution is -2.40. The molecule has 0 aliphatic carbocycles. The first kappa shape index (κ1) is 14.8. The van der Waals surface area contributed by atoms with Crippen LogP contribution in [0.15, 0.2) is 48.5 Å². The summed E-state index contributed by atoms with van der Waals surface area (Å²) in [6.07, 6.45) is 1.08. The van der Waals surface area contributed by atoms with Gasteiger partial charge in [0.2, 0.25) is 0 Å². The summed E-state index contributed by atoms with van der Waals surface area (Å²) >= 11 is 0. The predicted molar refractivity (Wildman–Crippen MR) is 86.8 cm³/mol. The highest BCUT2D eigenvalue weighted by atomic mass is 15.3. The van der Waals surface area contributed by atoms with Crippen LogP contribution < -0.4 is 0 Å². The quantitative estimate of drug-likeness (QED) is 0.726. The molecule has 20 heavy (non-hydrogen) atoms. The Hall–Kier alpha value is -1.60. The van der Waals surface area contributed by atoms with Crippen LogP contribution in [0.1, 0.15) is 28.3 Å². The first-order chi connectivity index (χ1) is 9.39. The Morgan fingerprint density at radius 1 is 0.800 bits per heavy atom. The minimum atomic E-state index is 0.484. The van der Waals surface area contributed by atoms with E-state index in [9.17, 15) is 0 Å². The fraction of sp³-hybridized carbons (Fsp3) is 0.368. The first-order valence-corrected chi connectivity index (χ1v) is 7.31. The summed E-state index contributed by atoms with van der Waals surface area (Å²) in [5, 5.41) is 0. The van der Waals surface area contributed by atoms with E-state index in [0.29, 0.717) is 6.04 Å². The van der Waals surface area contributed by atoms with Crippen molar-refractivity contribution in [1.29, 1.82) is 0 Å². The highest BCUT2D eigenvalue weighted by Crippen LogP contribution is 2.30. The minimum absolute atomic E-state index is 0.484. The van der Waals surface area contributed by atoms with Gasteiger partial charge >= 0.3 is 0 Å². The number of benzene rings is 2. The van der Waals surface area contributed by atoms with E-state index in [2.05, 4.69) is 83.5 Å². The number of quaternary nitrogens is 1. The van der Waals surface area contributed by atoms with Gasteiger partial charge in [0.05, 0.1) is 21.1 Å². The second-order valence-electron chi connectivity index (χ2n) is 6.62. The Morgan fingerprint density at radius 3 is 1.90 bits per heavy atom. The van der Waals surface area contributed by atoms with Crippen LogP contribution in [0.2, 0.25) is 0 Å². The Balaban J connectivity index is 2.40. The molecule has 0 aliphatic rings. The molecule has 0 bridgehead atoms. The van der Waals surface area contributed by atoms with Crippen LogP contribution in [0.25, 0.3) is 0 Å². The van der Waals surface area contributed by atoms with Gasteiger partial charge in [-0.05, 0) is 30.5 Å². The zero-order valence-electron chi connectivity index (χ0n) is 13.4. The lowest BCUT2D eigenvalue weighted by atomic mass is 9.92. The van der Waals surface area contributed by atoms with E-state index in [0.717, 1.165) is 10.9 Å². The average molecular weight is 268 g/mol. The molecule has 0 aromatic heterocycles. The molecule has 1 atom stereocenters. The number of likely N-dealkylation sites (N-methyl/N-ethyl adjacent to an activating group) is 1. The maximum absolute atomic E-state index is 2.29.